The van der Waals surface area contributed by atoms with E-state index in [4.69, 9.17) is 5.73 Å². The number of amides is 1. The highest BCUT2D eigenvalue weighted by atomic mass is 16.2. The Bertz CT molecular complexity index is 218. The third-order valence-corrected chi connectivity index (χ3v) is 3.91. The van der Waals surface area contributed by atoms with Gasteiger partial charge in [0.05, 0.1) is 0 Å². The fourth-order valence-electron chi connectivity index (χ4n) is 2.52. The molecule has 0 heterocycles. The average molecular weight is 212 g/mol. The van der Waals surface area contributed by atoms with Gasteiger partial charge in [-0.2, -0.15) is 0 Å². The molecule has 0 bridgehead atoms. The van der Waals surface area contributed by atoms with Gasteiger partial charge in [-0.05, 0) is 37.6 Å². The fourth-order valence-corrected chi connectivity index (χ4v) is 2.52. The van der Waals surface area contributed by atoms with E-state index in [1.54, 1.807) is 6.92 Å². The maximum Gasteiger partial charge on any atom is 0.219 e. The van der Waals surface area contributed by atoms with Crippen molar-refractivity contribution in [2.24, 2.45) is 17.6 Å². The van der Waals surface area contributed by atoms with Crippen molar-refractivity contribution in [1.82, 2.24) is 4.90 Å². The van der Waals surface area contributed by atoms with Crippen molar-refractivity contribution in [1.29, 1.82) is 0 Å². The summed E-state index contributed by atoms with van der Waals surface area (Å²) in [6.07, 6.45) is 4.80. The first kappa shape index (κ1) is 12.5. The minimum atomic E-state index is 0.182. The molecule has 0 radical (unpaired) electrons. The lowest BCUT2D eigenvalue weighted by molar-refractivity contribution is -0.130. The molecule has 0 aromatic carbocycles. The molecule has 2 N–H and O–H groups in total. The van der Waals surface area contributed by atoms with Gasteiger partial charge >= 0.3 is 0 Å². The number of hydrogen-bond acceptors (Lipinski definition) is 2. The van der Waals surface area contributed by atoms with E-state index >= 15 is 0 Å². The lowest BCUT2D eigenvalue weighted by atomic mass is 9.78. The van der Waals surface area contributed by atoms with E-state index in [9.17, 15) is 4.79 Å². The summed E-state index contributed by atoms with van der Waals surface area (Å²) in [6, 6.07) is 0.440. The Labute approximate surface area is 93.0 Å². The Balaban J connectivity index is 2.52. The number of carbonyl (C=O) groups excluding carboxylic acids is 1. The van der Waals surface area contributed by atoms with Crippen molar-refractivity contribution in [3.8, 4) is 0 Å². The third-order valence-electron chi connectivity index (χ3n) is 3.91. The molecule has 0 aliphatic heterocycles. The van der Waals surface area contributed by atoms with Crippen molar-refractivity contribution in [3.05, 3.63) is 0 Å². The molecule has 1 amide bonds. The lowest BCUT2D eigenvalue weighted by Gasteiger charge is -2.37. The van der Waals surface area contributed by atoms with Crippen LogP contribution in [0.25, 0.3) is 0 Å². The van der Waals surface area contributed by atoms with Crippen LogP contribution in [0.3, 0.4) is 0 Å². The van der Waals surface area contributed by atoms with Gasteiger partial charge in [-0.25, -0.2) is 0 Å². The number of hydrogen-bond donors (Lipinski definition) is 1. The minimum absolute atomic E-state index is 0.182. The molecule has 0 aromatic heterocycles. The molecule has 3 atom stereocenters. The first-order valence-electron chi connectivity index (χ1n) is 5.99. The second-order valence-electron chi connectivity index (χ2n) is 4.92. The smallest absolute Gasteiger partial charge is 0.219 e. The minimum Gasteiger partial charge on any atom is -0.343 e. The summed E-state index contributed by atoms with van der Waals surface area (Å²) in [5, 5.41) is 0. The highest BCUT2D eigenvalue weighted by molar-refractivity contribution is 5.73. The summed E-state index contributed by atoms with van der Waals surface area (Å²) in [7, 11) is 1.92. The molecule has 3 unspecified atom stereocenters. The third kappa shape index (κ3) is 3.20. The van der Waals surface area contributed by atoms with Crippen LogP contribution < -0.4 is 5.73 Å². The molecule has 3 heteroatoms. The van der Waals surface area contributed by atoms with E-state index in [1.165, 1.54) is 12.8 Å². The molecule has 15 heavy (non-hydrogen) atoms. The molecule has 0 aromatic rings. The summed E-state index contributed by atoms with van der Waals surface area (Å²) >= 11 is 0. The molecule has 0 spiro atoms. The Morgan fingerprint density at radius 2 is 2.20 bits per heavy atom. The van der Waals surface area contributed by atoms with Gasteiger partial charge in [0, 0.05) is 20.0 Å². The number of carbonyl (C=O) groups is 1. The number of nitrogens with zero attached hydrogens (tertiary/aromatic N) is 1. The lowest BCUT2D eigenvalue weighted by Crippen LogP contribution is -2.40. The van der Waals surface area contributed by atoms with Crippen molar-refractivity contribution < 1.29 is 4.79 Å². The fraction of sp³-hybridized carbons (Fsp3) is 0.917. The van der Waals surface area contributed by atoms with Crippen LogP contribution in [-0.2, 0) is 4.79 Å². The molecule has 88 valence electrons. The Hall–Kier alpha value is -0.570. The van der Waals surface area contributed by atoms with Gasteiger partial charge in [0.2, 0.25) is 5.91 Å². The monoisotopic (exact) mass is 212 g/mol. The summed E-state index contributed by atoms with van der Waals surface area (Å²) in [5.74, 6) is 1.48. The van der Waals surface area contributed by atoms with E-state index in [0.29, 0.717) is 17.9 Å². The predicted molar refractivity (Wildman–Crippen MR) is 62.4 cm³/mol. The van der Waals surface area contributed by atoms with E-state index < -0.39 is 0 Å². The Morgan fingerprint density at radius 3 is 2.73 bits per heavy atom. The molecule has 1 fully saturated rings. The van der Waals surface area contributed by atoms with Crippen LogP contribution in [0.4, 0.5) is 0 Å². The topological polar surface area (TPSA) is 46.3 Å². The first-order valence-corrected chi connectivity index (χ1v) is 5.99. The SMILES string of the molecule is CC(=O)N(C)C1CCCC(C(C)CN)C1. The number of nitrogens with two attached hydrogens (primary N) is 1. The van der Waals surface area contributed by atoms with E-state index in [-0.39, 0.29) is 5.91 Å². The summed E-state index contributed by atoms with van der Waals surface area (Å²) in [6.45, 7) is 4.64. The van der Waals surface area contributed by atoms with E-state index in [0.717, 1.165) is 19.4 Å². The van der Waals surface area contributed by atoms with Gasteiger partial charge in [-0.1, -0.05) is 13.3 Å². The van der Waals surface area contributed by atoms with E-state index in [1.807, 2.05) is 11.9 Å². The van der Waals surface area contributed by atoms with E-state index in [2.05, 4.69) is 6.92 Å². The zero-order valence-corrected chi connectivity index (χ0v) is 10.2. The van der Waals surface area contributed by atoms with Crippen molar-refractivity contribution >= 4 is 5.91 Å². The second kappa shape index (κ2) is 5.50. The molecule has 1 aliphatic rings. The van der Waals surface area contributed by atoms with Crippen LogP contribution in [0, 0.1) is 11.8 Å². The number of rotatable bonds is 3. The van der Waals surface area contributed by atoms with Crippen LogP contribution >= 0.6 is 0 Å². The molecular formula is C12H24N2O. The standard InChI is InChI=1S/C12H24N2O/c1-9(8-13)11-5-4-6-12(7-11)14(3)10(2)15/h9,11-12H,4-8,13H2,1-3H3. The zero-order chi connectivity index (χ0) is 11.4. The van der Waals surface area contributed by atoms with Crippen molar-refractivity contribution in [2.45, 2.75) is 45.6 Å². The molecule has 1 rings (SSSR count). The van der Waals surface area contributed by atoms with Crippen molar-refractivity contribution in [3.63, 3.8) is 0 Å². The van der Waals surface area contributed by atoms with Gasteiger partial charge in [0.15, 0.2) is 0 Å². The maximum absolute atomic E-state index is 11.3. The molecule has 1 aliphatic carbocycles. The zero-order valence-electron chi connectivity index (χ0n) is 10.2. The van der Waals surface area contributed by atoms with Crippen molar-refractivity contribution in [2.75, 3.05) is 13.6 Å². The Kier molecular flexibility index (Phi) is 4.58. The molecule has 1 saturated carbocycles. The van der Waals surface area contributed by atoms with Crippen LogP contribution in [-0.4, -0.2) is 30.4 Å². The van der Waals surface area contributed by atoms with Crippen LogP contribution in [0.2, 0.25) is 0 Å². The molecule has 0 saturated heterocycles. The highest BCUT2D eigenvalue weighted by Crippen LogP contribution is 2.31. The van der Waals surface area contributed by atoms with Gasteiger partial charge in [-0.15, -0.1) is 0 Å². The largest absolute Gasteiger partial charge is 0.343 e. The van der Waals surface area contributed by atoms with Gasteiger partial charge < -0.3 is 10.6 Å². The Morgan fingerprint density at radius 1 is 1.53 bits per heavy atom. The van der Waals surface area contributed by atoms with Gasteiger partial charge in [0.1, 0.15) is 0 Å². The molecule has 3 nitrogen and oxygen atoms in total. The predicted octanol–water partition coefficient (Wildman–Crippen LogP) is 1.62. The van der Waals surface area contributed by atoms with Gasteiger partial charge in [0.25, 0.3) is 0 Å². The molecular weight excluding hydrogens is 188 g/mol. The van der Waals surface area contributed by atoms with Gasteiger partial charge in [-0.3, -0.25) is 4.79 Å². The first-order chi connectivity index (χ1) is 7.06. The summed E-state index contributed by atoms with van der Waals surface area (Å²) in [5.41, 5.74) is 5.70. The van der Waals surface area contributed by atoms with Crippen LogP contribution in [0.5, 0.6) is 0 Å². The normalized spacial score (nSPS) is 28.5. The van der Waals surface area contributed by atoms with Crippen LogP contribution in [0.1, 0.15) is 39.5 Å². The summed E-state index contributed by atoms with van der Waals surface area (Å²) < 4.78 is 0. The maximum atomic E-state index is 11.3. The summed E-state index contributed by atoms with van der Waals surface area (Å²) in [4.78, 5) is 13.2. The average Bonchev–Trinajstić information content (AvgIpc) is 2.27. The van der Waals surface area contributed by atoms with Crippen LogP contribution in [0.15, 0.2) is 0 Å². The second-order valence-corrected chi connectivity index (χ2v) is 4.92. The quantitative estimate of drug-likeness (QED) is 0.772. The highest BCUT2D eigenvalue weighted by Gasteiger charge is 2.28.